The van der Waals surface area contributed by atoms with Crippen molar-refractivity contribution in [1.82, 2.24) is 20.2 Å². The van der Waals surface area contributed by atoms with Crippen LogP contribution in [-0.4, -0.2) is 59.5 Å². The smallest absolute Gasteiger partial charge is 0.231 e. The third-order valence-electron chi connectivity index (χ3n) is 7.14. The fourth-order valence-electron chi connectivity index (χ4n) is 5.42. The Bertz CT molecular complexity index is 935. The van der Waals surface area contributed by atoms with Crippen molar-refractivity contribution in [2.45, 2.75) is 50.5 Å². The van der Waals surface area contributed by atoms with Gasteiger partial charge in [-0.3, -0.25) is 4.79 Å². The molecule has 2 aliphatic heterocycles. The first-order chi connectivity index (χ1) is 15.1. The van der Waals surface area contributed by atoms with E-state index in [2.05, 4.69) is 27.1 Å². The maximum Gasteiger partial charge on any atom is 0.231 e. The molecule has 1 amide bonds. The predicted octanol–water partition coefficient (Wildman–Crippen LogP) is 3.36. The number of halogens is 1. The number of aryl methyl sites for hydroxylation is 1. The molecule has 1 aromatic carbocycles. The highest BCUT2D eigenvalue weighted by Crippen LogP contribution is 2.37. The first-order valence-corrected chi connectivity index (χ1v) is 11.9. The molecular weight excluding hydrogens is 410 g/mol. The number of carbonyl (C=O) groups excluding carboxylic acids is 1. The van der Waals surface area contributed by atoms with E-state index in [1.807, 2.05) is 29.2 Å². The Labute approximate surface area is 189 Å². The highest BCUT2D eigenvalue weighted by Gasteiger charge is 2.36. The zero-order chi connectivity index (χ0) is 21.4. The number of hydrogen-bond donors (Lipinski definition) is 1. The van der Waals surface area contributed by atoms with Crippen molar-refractivity contribution in [2.24, 2.45) is 0 Å². The SMILES string of the molecule is C[C@@H]1CCc2ncnc(N3CCN(C(=O)[C@@H](c4ccc(Cl)cc4)[C@H]4CCCN4)CC3)c21. The number of hydrogen-bond acceptors (Lipinski definition) is 5. The molecule has 0 radical (unpaired) electrons. The van der Waals surface area contributed by atoms with E-state index in [0.717, 1.165) is 69.8 Å². The molecule has 0 saturated carbocycles. The summed E-state index contributed by atoms with van der Waals surface area (Å²) in [6, 6.07) is 7.99. The molecule has 1 aliphatic carbocycles. The van der Waals surface area contributed by atoms with Crippen LogP contribution in [0, 0.1) is 0 Å². The molecule has 1 N–H and O–H groups in total. The second-order valence-corrected chi connectivity index (χ2v) is 9.48. The third kappa shape index (κ3) is 4.03. The lowest BCUT2D eigenvalue weighted by atomic mass is 9.89. The van der Waals surface area contributed by atoms with Crippen molar-refractivity contribution in [1.29, 1.82) is 0 Å². The van der Waals surface area contributed by atoms with Gasteiger partial charge in [0.2, 0.25) is 5.91 Å². The van der Waals surface area contributed by atoms with E-state index in [0.29, 0.717) is 10.9 Å². The number of anilines is 1. The van der Waals surface area contributed by atoms with Gasteiger partial charge in [-0.05, 0) is 55.8 Å². The Kier molecular flexibility index (Phi) is 5.85. The first kappa shape index (κ1) is 20.7. The van der Waals surface area contributed by atoms with Gasteiger partial charge >= 0.3 is 0 Å². The van der Waals surface area contributed by atoms with Crippen LogP contribution in [-0.2, 0) is 11.2 Å². The Hall–Kier alpha value is -2.18. The Morgan fingerprint density at radius 3 is 2.61 bits per heavy atom. The summed E-state index contributed by atoms with van der Waals surface area (Å²) in [6.45, 7) is 6.32. The van der Waals surface area contributed by atoms with Gasteiger partial charge in [-0.1, -0.05) is 30.7 Å². The number of carbonyl (C=O) groups is 1. The van der Waals surface area contributed by atoms with Gasteiger partial charge in [0.05, 0.1) is 5.92 Å². The monoisotopic (exact) mass is 439 g/mol. The summed E-state index contributed by atoms with van der Waals surface area (Å²) in [5.41, 5.74) is 3.57. The number of amides is 1. The van der Waals surface area contributed by atoms with Crippen LogP contribution in [0.2, 0.25) is 5.02 Å². The van der Waals surface area contributed by atoms with Crippen molar-refractivity contribution < 1.29 is 4.79 Å². The van der Waals surface area contributed by atoms with E-state index < -0.39 is 0 Å². The summed E-state index contributed by atoms with van der Waals surface area (Å²) in [5.74, 6) is 1.65. The lowest BCUT2D eigenvalue weighted by molar-refractivity contribution is -0.133. The van der Waals surface area contributed by atoms with Crippen molar-refractivity contribution in [2.75, 3.05) is 37.6 Å². The van der Waals surface area contributed by atoms with E-state index >= 15 is 0 Å². The van der Waals surface area contributed by atoms with Gasteiger partial charge in [-0.25, -0.2) is 9.97 Å². The summed E-state index contributed by atoms with van der Waals surface area (Å²) >= 11 is 6.10. The van der Waals surface area contributed by atoms with Gasteiger partial charge in [0.25, 0.3) is 0 Å². The zero-order valence-corrected chi connectivity index (χ0v) is 18.8. The van der Waals surface area contributed by atoms with Crippen LogP contribution < -0.4 is 10.2 Å². The van der Waals surface area contributed by atoms with Crippen LogP contribution in [0.25, 0.3) is 0 Å². The molecule has 5 rings (SSSR count). The van der Waals surface area contributed by atoms with Crippen molar-refractivity contribution in [3.05, 3.63) is 52.4 Å². The number of piperazine rings is 1. The molecule has 3 atom stereocenters. The fraction of sp³-hybridized carbons (Fsp3) is 0.542. The molecule has 0 bridgehead atoms. The molecule has 1 aromatic heterocycles. The van der Waals surface area contributed by atoms with E-state index in [1.54, 1.807) is 6.33 Å². The molecule has 164 valence electrons. The second kappa shape index (κ2) is 8.75. The molecule has 0 unspecified atom stereocenters. The van der Waals surface area contributed by atoms with Crippen LogP contribution in [0.3, 0.4) is 0 Å². The molecule has 6 nitrogen and oxygen atoms in total. The van der Waals surface area contributed by atoms with E-state index in [4.69, 9.17) is 11.6 Å². The van der Waals surface area contributed by atoms with Gasteiger partial charge in [0, 0.05) is 48.5 Å². The maximum absolute atomic E-state index is 13.7. The van der Waals surface area contributed by atoms with Crippen molar-refractivity contribution in [3.8, 4) is 0 Å². The molecule has 2 aromatic rings. The molecule has 31 heavy (non-hydrogen) atoms. The number of fused-ring (bicyclic) bond motifs is 1. The molecule has 3 aliphatic rings. The highest BCUT2D eigenvalue weighted by molar-refractivity contribution is 6.30. The van der Waals surface area contributed by atoms with Gasteiger partial charge in [-0.2, -0.15) is 0 Å². The second-order valence-electron chi connectivity index (χ2n) is 9.04. The quantitative estimate of drug-likeness (QED) is 0.791. The molecule has 7 heteroatoms. The van der Waals surface area contributed by atoms with Crippen molar-refractivity contribution in [3.63, 3.8) is 0 Å². The van der Waals surface area contributed by atoms with Gasteiger partial charge in [-0.15, -0.1) is 0 Å². The van der Waals surface area contributed by atoms with Gasteiger partial charge in [0.1, 0.15) is 12.1 Å². The normalized spacial score (nSPS) is 24.3. The predicted molar refractivity (Wildman–Crippen MR) is 123 cm³/mol. The summed E-state index contributed by atoms with van der Waals surface area (Å²) in [6.07, 6.45) is 6.04. The standard InChI is InChI=1S/C24H30ClN5O/c1-16-4-9-20-21(16)23(28-15-27-20)29-11-13-30(14-12-29)24(31)22(19-3-2-10-26-19)17-5-7-18(25)8-6-17/h5-8,15-16,19,22,26H,2-4,9-14H2,1H3/t16-,19-,22+/m1/s1. The minimum absolute atomic E-state index is 0.158. The van der Waals surface area contributed by atoms with Crippen LogP contribution in [0.15, 0.2) is 30.6 Å². The van der Waals surface area contributed by atoms with E-state index in [-0.39, 0.29) is 17.9 Å². The van der Waals surface area contributed by atoms with Gasteiger partial charge < -0.3 is 15.1 Å². The molecule has 2 fully saturated rings. The molecule has 3 heterocycles. The average Bonchev–Trinajstić information content (AvgIpc) is 3.46. The average molecular weight is 440 g/mol. The number of aromatic nitrogens is 2. The number of nitrogens with zero attached hydrogens (tertiary/aromatic N) is 4. The summed E-state index contributed by atoms with van der Waals surface area (Å²) in [4.78, 5) is 27.2. The molecule has 0 spiro atoms. The summed E-state index contributed by atoms with van der Waals surface area (Å²) in [7, 11) is 0. The molecular formula is C24H30ClN5O. The Morgan fingerprint density at radius 2 is 1.90 bits per heavy atom. The largest absolute Gasteiger partial charge is 0.353 e. The van der Waals surface area contributed by atoms with Crippen LogP contribution >= 0.6 is 11.6 Å². The fourth-order valence-corrected chi connectivity index (χ4v) is 5.55. The third-order valence-corrected chi connectivity index (χ3v) is 7.39. The topological polar surface area (TPSA) is 61.4 Å². The highest BCUT2D eigenvalue weighted by atomic mass is 35.5. The minimum Gasteiger partial charge on any atom is -0.353 e. The number of nitrogens with one attached hydrogen (secondary N) is 1. The van der Waals surface area contributed by atoms with Gasteiger partial charge in [0.15, 0.2) is 0 Å². The minimum atomic E-state index is -0.158. The summed E-state index contributed by atoms with van der Waals surface area (Å²) < 4.78 is 0. The molecule has 2 saturated heterocycles. The van der Waals surface area contributed by atoms with Crippen LogP contribution in [0.5, 0.6) is 0 Å². The van der Waals surface area contributed by atoms with Crippen molar-refractivity contribution >= 4 is 23.3 Å². The first-order valence-electron chi connectivity index (χ1n) is 11.5. The lowest BCUT2D eigenvalue weighted by Crippen LogP contribution is -2.52. The zero-order valence-electron chi connectivity index (χ0n) is 18.1. The number of benzene rings is 1. The van der Waals surface area contributed by atoms with Crippen LogP contribution in [0.4, 0.5) is 5.82 Å². The summed E-state index contributed by atoms with van der Waals surface area (Å²) in [5, 5.41) is 4.25. The Morgan fingerprint density at radius 1 is 1.13 bits per heavy atom. The number of rotatable bonds is 4. The Balaban J connectivity index is 1.32. The van der Waals surface area contributed by atoms with Crippen LogP contribution in [0.1, 0.15) is 54.8 Å². The maximum atomic E-state index is 13.7. The lowest BCUT2D eigenvalue weighted by Gasteiger charge is -2.38. The van der Waals surface area contributed by atoms with E-state index in [9.17, 15) is 4.79 Å². The van der Waals surface area contributed by atoms with E-state index in [1.165, 1.54) is 11.3 Å².